The first-order valence-electron chi connectivity index (χ1n) is 7.40. The van der Waals surface area contributed by atoms with Crippen molar-refractivity contribution in [1.82, 2.24) is 4.98 Å². The molecular formula is C20H16N2O. The molecule has 1 heterocycles. The zero-order valence-electron chi connectivity index (χ0n) is 13.1. The molecule has 3 heteroatoms. The Labute approximate surface area is 134 Å². The summed E-state index contributed by atoms with van der Waals surface area (Å²) in [6.45, 7) is 3.84. The molecule has 0 saturated heterocycles. The van der Waals surface area contributed by atoms with Crippen LogP contribution in [0.1, 0.15) is 27.2 Å². The largest absolute Gasteiger partial charge is 0.358 e. The SMILES string of the molecule is Cc1cccc(/C=C(\C#N)C(=O)c2c(C)[nH]c3ccccc23)c1. The van der Waals surface area contributed by atoms with Crippen LogP contribution in [0.15, 0.2) is 54.1 Å². The molecular weight excluding hydrogens is 284 g/mol. The number of para-hydroxylation sites is 1. The second kappa shape index (κ2) is 5.94. The van der Waals surface area contributed by atoms with Crippen molar-refractivity contribution in [2.24, 2.45) is 0 Å². The fourth-order valence-corrected chi connectivity index (χ4v) is 2.78. The van der Waals surface area contributed by atoms with Gasteiger partial charge in [-0.3, -0.25) is 4.79 Å². The van der Waals surface area contributed by atoms with Crippen LogP contribution in [0.5, 0.6) is 0 Å². The van der Waals surface area contributed by atoms with Crippen LogP contribution in [0.3, 0.4) is 0 Å². The Morgan fingerprint density at radius 2 is 1.91 bits per heavy atom. The molecule has 0 aliphatic heterocycles. The maximum atomic E-state index is 12.9. The predicted molar refractivity (Wildman–Crippen MR) is 92.1 cm³/mol. The van der Waals surface area contributed by atoms with Gasteiger partial charge in [0.05, 0.1) is 5.56 Å². The minimum absolute atomic E-state index is 0.142. The van der Waals surface area contributed by atoms with Crippen LogP contribution in [-0.2, 0) is 0 Å². The van der Waals surface area contributed by atoms with Gasteiger partial charge in [-0.25, -0.2) is 0 Å². The van der Waals surface area contributed by atoms with Gasteiger partial charge in [0.25, 0.3) is 0 Å². The Morgan fingerprint density at radius 1 is 1.13 bits per heavy atom. The minimum atomic E-state index is -0.246. The molecule has 0 atom stereocenters. The minimum Gasteiger partial charge on any atom is -0.358 e. The number of nitrogens with zero attached hydrogens (tertiary/aromatic N) is 1. The van der Waals surface area contributed by atoms with Crippen molar-refractivity contribution < 1.29 is 4.79 Å². The Hall–Kier alpha value is -3.12. The van der Waals surface area contributed by atoms with Crippen LogP contribution in [0, 0.1) is 25.2 Å². The highest BCUT2D eigenvalue weighted by molar-refractivity contribution is 6.20. The molecule has 0 aliphatic carbocycles. The number of H-pyrrole nitrogens is 1. The van der Waals surface area contributed by atoms with Gasteiger partial charge in [-0.05, 0) is 31.6 Å². The zero-order valence-corrected chi connectivity index (χ0v) is 13.1. The van der Waals surface area contributed by atoms with Gasteiger partial charge in [-0.1, -0.05) is 48.0 Å². The number of rotatable bonds is 3. The second-order valence-corrected chi connectivity index (χ2v) is 5.58. The highest BCUT2D eigenvalue weighted by atomic mass is 16.1. The average molecular weight is 300 g/mol. The number of carbonyl (C=O) groups excluding carboxylic acids is 1. The van der Waals surface area contributed by atoms with Crippen LogP contribution < -0.4 is 0 Å². The van der Waals surface area contributed by atoms with Crippen molar-refractivity contribution in [3.63, 3.8) is 0 Å². The van der Waals surface area contributed by atoms with E-state index in [9.17, 15) is 10.1 Å². The van der Waals surface area contributed by atoms with Crippen molar-refractivity contribution in [3.8, 4) is 6.07 Å². The van der Waals surface area contributed by atoms with Crippen LogP contribution in [0.4, 0.5) is 0 Å². The lowest BCUT2D eigenvalue weighted by molar-refractivity contribution is 0.104. The molecule has 2 aromatic carbocycles. The van der Waals surface area contributed by atoms with E-state index in [0.717, 1.165) is 27.7 Å². The second-order valence-electron chi connectivity index (χ2n) is 5.58. The smallest absolute Gasteiger partial charge is 0.205 e. The normalized spacial score (nSPS) is 11.4. The fraction of sp³-hybridized carbons (Fsp3) is 0.100. The number of aromatic nitrogens is 1. The van der Waals surface area contributed by atoms with E-state index in [0.29, 0.717) is 5.56 Å². The van der Waals surface area contributed by atoms with Gasteiger partial charge in [-0.2, -0.15) is 5.26 Å². The monoisotopic (exact) mass is 300 g/mol. The number of carbonyl (C=O) groups is 1. The van der Waals surface area contributed by atoms with E-state index in [1.165, 1.54) is 0 Å². The quantitative estimate of drug-likeness (QED) is 0.437. The van der Waals surface area contributed by atoms with Gasteiger partial charge in [0, 0.05) is 16.6 Å². The third-order valence-corrected chi connectivity index (χ3v) is 3.84. The highest BCUT2D eigenvalue weighted by Gasteiger charge is 2.19. The van der Waals surface area contributed by atoms with E-state index < -0.39 is 0 Å². The van der Waals surface area contributed by atoms with Crippen LogP contribution >= 0.6 is 0 Å². The Kier molecular flexibility index (Phi) is 3.82. The van der Waals surface area contributed by atoms with Gasteiger partial charge < -0.3 is 4.98 Å². The van der Waals surface area contributed by atoms with E-state index >= 15 is 0 Å². The number of Topliss-reactive ketones (excluding diaryl/α,β-unsaturated/α-hetero) is 1. The van der Waals surface area contributed by atoms with Crippen LogP contribution in [0.2, 0.25) is 0 Å². The molecule has 0 bridgehead atoms. The van der Waals surface area contributed by atoms with Crippen LogP contribution in [-0.4, -0.2) is 10.8 Å². The van der Waals surface area contributed by atoms with Gasteiger partial charge in [-0.15, -0.1) is 0 Å². The van der Waals surface area contributed by atoms with E-state index in [1.807, 2.05) is 68.4 Å². The molecule has 23 heavy (non-hydrogen) atoms. The number of allylic oxidation sites excluding steroid dienone is 1. The van der Waals surface area contributed by atoms with Crippen molar-refractivity contribution in [3.05, 3.63) is 76.5 Å². The zero-order chi connectivity index (χ0) is 16.4. The predicted octanol–water partition coefficient (Wildman–Crippen LogP) is 4.57. The lowest BCUT2D eigenvalue weighted by Crippen LogP contribution is -2.03. The number of nitrogens with one attached hydrogen (secondary N) is 1. The summed E-state index contributed by atoms with van der Waals surface area (Å²) in [5, 5.41) is 10.3. The summed E-state index contributed by atoms with van der Waals surface area (Å²) in [7, 11) is 0. The number of aryl methyl sites for hydroxylation is 2. The highest BCUT2D eigenvalue weighted by Crippen LogP contribution is 2.25. The van der Waals surface area contributed by atoms with Gasteiger partial charge in [0.1, 0.15) is 11.6 Å². The molecule has 1 N–H and O–H groups in total. The first-order valence-corrected chi connectivity index (χ1v) is 7.40. The number of aromatic amines is 1. The molecule has 3 rings (SSSR count). The summed E-state index contributed by atoms with van der Waals surface area (Å²) >= 11 is 0. The summed E-state index contributed by atoms with van der Waals surface area (Å²) in [6, 6.07) is 17.4. The lowest BCUT2D eigenvalue weighted by Gasteiger charge is -2.01. The first kappa shape index (κ1) is 14.8. The van der Waals surface area contributed by atoms with E-state index in [1.54, 1.807) is 6.08 Å². The number of ketones is 1. The van der Waals surface area contributed by atoms with E-state index in [2.05, 4.69) is 4.98 Å². The molecule has 0 fully saturated rings. The maximum absolute atomic E-state index is 12.9. The molecule has 0 amide bonds. The molecule has 0 aliphatic rings. The van der Waals surface area contributed by atoms with Gasteiger partial charge in [0.2, 0.25) is 5.78 Å². The molecule has 3 aromatic rings. The number of nitriles is 1. The van der Waals surface area contributed by atoms with Crippen molar-refractivity contribution in [2.45, 2.75) is 13.8 Å². The average Bonchev–Trinajstić information content (AvgIpc) is 2.87. The van der Waals surface area contributed by atoms with E-state index in [-0.39, 0.29) is 11.4 Å². The molecule has 112 valence electrons. The van der Waals surface area contributed by atoms with Crippen molar-refractivity contribution >= 4 is 22.8 Å². The number of hydrogen-bond acceptors (Lipinski definition) is 2. The third kappa shape index (κ3) is 2.79. The van der Waals surface area contributed by atoms with Gasteiger partial charge >= 0.3 is 0 Å². The summed E-state index contributed by atoms with van der Waals surface area (Å²) in [4.78, 5) is 16.1. The fourth-order valence-electron chi connectivity index (χ4n) is 2.78. The number of hydrogen-bond donors (Lipinski definition) is 1. The summed E-state index contributed by atoms with van der Waals surface area (Å²) in [6.07, 6.45) is 1.65. The summed E-state index contributed by atoms with van der Waals surface area (Å²) in [5.74, 6) is -0.246. The van der Waals surface area contributed by atoms with Crippen LogP contribution in [0.25, 0.3) is 17.0 Å². The Morgan fingerprint density at radius 3 is 2.65 bits per heavy atom. The molecule has 0 spiro atoms. The summed E-state index contributed by atoms with van der Waals surface area (Å²) in [5.41, 5.74) is 4.34. The molecule has 1 aromatic heterocycles. The maximum Gasteiger partial charge on any atom is 0.205 e. The lowest BCUT2D eigenvalue weighted by atomic mass is 9.99. The molecule has 3 nitrogen and oxygen atoms in total. The molecule has 0 unspecified atom stereocenters. The molecule has 0 radical (unpaired) electrons. The standard InChI is InChI=1S/C20H16N2O/c1-13-6-5-7-15(10-13)11-16(12-21)20(23)19-14(2)22-18-9-4-3-8-17(18)19/h3-11,22H,1-2H3/b16-11+. The van der Waals surface area contributed by atoms with E-state index in [4.69, 9.17) is 0 Å². The topological polar surface area (TPSA) is 56.6 Å². The number of fused-ring (bicyclic) bond motifs is 1. The van der Waals surface area contributed by atoms with Crippen molar-refractivity contribution in [1.29, 1.82) is 5.26 Å². The number of benzene rings is 2. The Balaban J connectivity index is 2.10. The Bertz CT molecular complexity index is 971. The molecule has 0 saturated carbocycles. The third-order valence-electron chi connectivity index (χ3n) is 3.84. The van der Waals surface area contributed by atoms with Crippen molar-refractivity contribution in [2.75, 3.05) is 0 Å². The summed E-state index contributed by atoms with van der Waals surface area (Å²) < 4.78 is 0. The first-order chi connectivity index (χ1) is 11.1. The van der Waals surface area contributed by atoms with Gasteiger partial charge in [0.15, 0.2) is 0 Å².